The number of aryl methyl sites for hydroxylation is 1. The average Bonchev–Trinajstić information content (AvgIpc) is 3.45. The third kappa shape index (κ3) is 8.21. The lowest BCUT2D eigenvalue weighted by atomic mass is 10.0. The van der Waals surface area contributed by atoms with Gasteiger partial charge in [-0.1, -0.05) is 31.2 Å². The van der Waals surface area contributed by atoms with Crippen molar-refractivity contribution in [2.45, 2.75) is 72.1 Å². The van der Waals surface area contributed by atoms with Crippen molar-refractivity contribution in [3.05, 3.63) is 72.2 Å². The monoisotopic (exact) mass is 625 g/mol. The normalized spacial score (nSPS) is 13.2. The molecule has 0 atom stereocenters. The number of hydrogen-bond acceptors (Lipinski definition) is 8. The third-order valence-electron chi connectivity index (χ3n) is 7.72. The Morgan fingerprint density at radius 1 is 0.978 bits per heavy atom. The number of amides is 2. The highest BCUT2D eigenvalue weighted by Gasteiger charge is 2.29. The van der Waals surface area contributed by atoms with Crippen LogP contribution in [0.4, 0.5) is 16.3 Å². The molecule has 242 valence electrons. The summed E-state index contributed by atoms with van der Waals surface area (Å²) in [7, 11) is 1.89. The van der Waals surface area contributed by atoms with E-state index in [4.69, 9.17) is 19.4 Å². The predicted octanol–water partition coefficient (Wildman–Crippen LogP) is 6.26. The maximum atomic E-state index is 13.0. The molecule has 0 spiro atoms. The van der Waals surface area contributed by atoms with Crippen molar-refractivity contribution in [2.24, 2.45) is 7.05 Å². The predicted molar refractivity (Wildman–Crippen MR) is 178 cm³/mol. The van der Waals surface area contributed by atoms with E-state index in [1.807, 2.05) is 110 Å². The van der Waals surface area contributed by atoms with Crippen LogP contribution in [0.25, 0.3) is 22.5 Å². The van der Waals surface area contributed by atoms with Gasteiger partial charge in [-0.3, -0.25) is 9.48 Å². The second kappa shape index (κ2) is 13.2. The average molecular weight is 626 g/mol. The summed E-state index contributed by atoms with van der Waals surface area (Å²) in [5.74, 6) is 1.48. The van der Waals surface area contributed by atoms with E-state index >= 15 is 0 Å². The molecule has 2 aromatic heterocycles. The number of benzene rings is 2. The molecule has 4 aromatic rings. The number of ether oxygens (including phenoxy) is 2. The zero-order valence-electron chi connectivity index (χ0n) is 27.7. The molecule has 0 saturated heterocycles. The lowest BCUT2D eigenvalue weighted by Gasteiger charge is -2.31. The molecular formula is C35H43N7O4. The van der Waals surface area contributed by atoms with Crippen LogP contribution in [0, 0.1) is 0 Å². The number of hydrogen-bond donors (Lipinski definition) is 2. The zero-order chi connectivity index (χ0) is 33.1. The van der Waals surface area contributed by atoms with E-state index < -0.39 is 5.60 Å². The second-order valence-electron chi connectivity index (χ2n) is 13.2. The Morgan fingerprint density at radius 2 is 1.74 bits per heavy atom. The van der Waals surface area contributed by atoms with E-state index in [2.05, 4.69) is 15.7 Å². The van der Waals surface area contributed by atoms with E-state index in [9.17, 15) is 9.59 Å². The van der Waals surface area contributed by atoms with Crippen molar-refractivity contribution in [2.75, 3.05) is 18.5 Å². The molecule has 0 unspecified atom stereocenters. The van der Waals surface area contributed by atoms with Crippen LogP contribution in [0.3, 0.4) is 0 Å². The first-order valence-corrected chi connectivity index (χ1v) is 15.6. The molecule has 0 fully saturated rings. The first-order valence-electron chi connectivity index (χ1n) is 15.6. The highest BCUT2D eigenvalue weighted by molar-refractivity contribution is 5.78. The molecule has 0 radical (unpaired) electrons. The Morgan fingerprint density at radius 3 is 2.41 bits per heavy atom. The SMILES string of the molecule is CCC(C)(C)NC(=O)COc1cccc(-c2nc3c(c(Nc4ccc(-c5cnn(C)c5)cc4)n2)CN(C(=O)OC(C)(C)C)CC3)c1. The van der Waals surface area contributed by atoms with Crippen molar-refractivity contribution in [3.63, 3.8) is 0 Å². The largest absolute Gasteiger partial charge is 0.484 e. The Hall–Kier alpha value is -4.93. The Labute approximate surface area is 270 Å². The topological polar surface area (TPSA) is 123 Å². The number of carbonyl (C=O) groups excluding carboxylic acids is 2. The number of carbonyl (C=O) groups is 2. The molecule has 2 aromatic carbocycles. The summed E-state index contributed by atoms with van der Waals surface area (Å²) in [6.07, 6.45) is 4.78. The van der Waals surface area contributed by atoms with Gasteiger partial charge in [0.15, 0.2) is 12.4 Å². The Bertz CT molecular complexity index is 1710. The highest BCUT2D eigenvalue weighted by Crippen LogP contribution is 2.32. The number of anilines is 2. The lowest BCUT2D eigenvalue weighted by molar-refractivity contribution is -0.124. The molecule has 2 N–H and O–H groups in total. The van der Waals surface area contributed by atoms with E-state index in [-0.39, 0.29) is 24.1 Å². The van der Waals surface area contributed by atoms with Crippen LogP contribution in [0.1, 0.15) is 59.2 Å². The quantitative estimate of drug-likeness (QED) is 0.223. The summed E-state index contributed by atoms with van der Waals surface area (Å²) in [6.45, 7) is 12.2. The maximum absolute atomic E-state index is 13.0. The van der Waals surface area contributed by atoms with E-state index in [1.54, 1.807) is 9.58 Å². The molecule has 0 bridgehead atoms. The third-order valence-corrected chi connectivity index (χ3v) is 7.72. The van der Waals surface area contributed by atoms with Crippen LogP contribution < -0.4 is 15.4 Å². The Balaban J connectivity index is 1.43. The molecule has 11 heteroatoms. The fourth-order valence-corrected chi connectivity index (χ4v) is 4.96. The van der Waals surface area contributed by atoms with Gasteiger partial charge in [0.2, 0.25) is 0 Å². The minimum Gasteiger partial charge on any atom is -0.484 e. The molecule has 0 saturated carbocycles. The summed E-state index contributed by atoms with van der Waals surface area (Å²) in [5, 5.41) is 10.7. The fraction of sp³-hybridized carbons (Fsp3) is 0.400. The summed E-state index contributed by atoms with van der Waals surface area (Å²) < 4.78 is 13.3. The molecule has 3 heterocycles. The maximum Gasteiger partial charge on any atom is 0.410 e. The van der Waals surface area contributed by atoms with Crippen molar-refractivity contribution >= 4 is 23.5 Å². The number of rotatable bonds is 9. The van der Waals surface area contributed by atoms with E-state index in [0.717, 1.165) is 40.1 Å². The van der Waals surface area contributed by atoms with E-state index in [1.165, 1.54) is 0 Å². The zero-order valence-corrected chi connectivity index (χ0v) is 27.7. The van der Waals surface area contributed by atoms with Gasteiger partial charge in [0.1, 0.15) is 17.2 Å². The Kier molecular flexibility index (Phi) is 9.32. The van der Waals surface area contributed by atoms with Crippen LogP contribution in [0.2, 0.25) is 0 Å². The standard InChI is InChI=1S/C35H43N7O4/c1-8-35(5,6)40-30(43)22-45-27-11-9-10-24(18-27)31-38-29-16-17-42(33(44)46-34(2,3)4)21-28(29)32(39-31)37-26-14-12-23(13-15-26)25-19-36-41(7)20-25/h9-15,18-20H,8,16-17,21-22H2,1-7H3,(H,40,43)(H,37,38,39). The summed E-state index contributed by atoms with van der Waals surface area (Å²) >= 11 is 0. The lowest BCUT2D eigenvalue weighted by Crippen LogP contribution is -2.44. The highest BCUT2D eigenvalue weighted by atomic mass is 16.6. The van der Waals surface area contributed by atoms with Gasteiger partial charge in [-0.15, -0.1) is 0 Å². The van der Waals surface area contributed by atoms with E-state index in [0.29, 0.717) is 36.9 Å². The molecule has 46 heavy (non-hydrogen) atoms. The fourth-order valence-electron chi connectivity index (χ4n) is 4.96. The summed E-state index contributed by atoms with van der Waals surface area (Å²) in [5.41, 5.74) is 4.44. The van der Waals surface area contributed by atoms with Gasteiger partial charge in [0, 0.05) is 54.1 Å². The minimum absolute atomic E-state index is 0.0970. The molecule has 5 rings (SSSR count). The molecular weight excluding hydrogens is 582 g/mol. The molecule has 1 aliphatic heterocycles. The van der Waals surface area contributed by atoms with Crippen LogP contribution in [-0.4, -0.2) is 60.9 Å². The van der Waals surface area contributed by atoms with Crippen molar-refractivity contribution in [3.8, 4) is 28.3 Å². The van der Waals surface area contributed by atoms with Gasteiger partial charge in [0.05, 0.1) is 18.4 Å². The van der Waals surface area contributed by atoms with Gasteiger partial charge in [-0.05, 0) is 70.9 Å². The van der Waals surface area contributed by atoms with Gasteiger partial charge in [-0.25, -0.2) is 14.8 Å². The minimum atomic E-state index is -0.602. The summed E-state index contributed by atoms with van der Waals surface area (Å²) in [6, 6.07) is 15.4. The van der Waals surface area contributed by atoms with Crippen LogP contribution in [0.5, 0.6) is 5.75 Å². The molecule has 1 aliphatic rings. The summed E-state index contributed by atoms with van der Waals surface area (Å²) in [4.78, 5) is 37.0. The van der Waals surface area contributed by atoms with Gasteiger partial charge >= 0.3 is 6.09 Å². The van der Waals surface area contributed by atoms with Gasteiger partial charge in [0.25, 0.3) is 5.91 Å². The van der Waals surface area contributed by atoms with Crippen LogP contribution >= 0.6 is 0 Å². The number of aromatic nitrogens is 4. The van der Waals surface area contributed by atoms with Crippen molar-refractivity contribution < 1.29 is 19.1 Å². The number of fused-ring (bicyclic) bond motifs is 1. The van der Waals surface area contributed by atoms with Crippen molar-refractivity contribution in [1.29, 1.82) is 0 Å². The number of nitrogens with zero attached hydrogens (tertiary/aromatic N) is 5. The molecule has 11 nitrogen and oxygen atoms in total. The smallest absolute Gasteiger partial charge is 0.410 e. The van der Waals surface area contributed by atoms with Crippen LogP contribution in [-0.2, 0) is 29.5 Å². The second-order valence-corrected chi connectivity index (χ2v) is 13.2. The van der Waals surface area contributed by atoms with Crippen molar-refractivity contribution in [1.82, 2.24) is 30.0 Å². The van der Waals surface area contributed by atoms with Crippen LogP contribution in [0.15, 0.2) is 60.9 Å². The molecule has 2 amide bonds. The molecule has 0 aliphatic carbocycles. The first kappa shape index (κ1) is 32.5. The van der Waals surface area contributed by atoms with Gasteiger partial charge in [-0.2, -0.15) is 5.10 Å². The number of nitrogens with one attached hydrogen (secondary N) is 2. The first-order chi connectivity index (χ1) is 21.8. The van der Waals surface area contributed by atoms with Gasteiger partial charge < -0.3 is 25.0 Å².